The molecular formula is C10H22ClNO. The van der Waals surface area contributed by atoms with Crippen LogP contribution in [0.4, 0.5) is 0 Å². The minimum Gasteiger partial charge on any atom is -0.391 e. The van der Waals surface area contributed by atoms with Crippen LogP contribution in [0.15, 0.2) is 0 Å². The molecule has 0 aliphatic carbocycles. The number of halogens is 1. The lowest BCUT2D eigenvalue weighted by atomic mass is 9.69. The summed E-state index contributed by atoms with van der Waals surface area (Å²) >= 11 is 0. The molecule has 2 nitrogen and oxygen atoms in total. The van der Waals surface area contributed by atoms with E-state index in [9.17, 15) is 5.11 Å². The molecule has 0 radical (unpaired) electrons. The van der Waals surface area contributed by atoms with Crippen LogP contribution in [-0.2, 0) is 0 Å². The standard InChI is InChI=1S/C10H21NO.ClH/c1-9(2,3)10(4)8(12)6-5-7-11-10;/h8,11-12H,5-7H2,1-4H3;1H. The SMILES string of the molecule is CC(C)(C)C1(C)NCCCC1O.Cl. The monoisotopic (exact) mass is 207 g/mol. The highest BCUT2D eigenvalue weighted by Gasteiger charge is 2.44. The quantitative estimate of drug-likeness (QED) is 0.637. The fraction of sp³-hybridized carbons (Fsp3) is 1.00. The molecule has 0 aromatic heterocycles. The smallest absolute Gasteiger partial charge is 0.0724 e. The van der Waals surface area contributed by atoms with Crippen LogP contribution >= 0.6 is 12.4 Å². The average Bonchev–Trinajstić information content (AvgIpc) is 1.93. The van der Waals surface area contributed by atoms with Crippen molar-refractivity contribution >= 4 is 12.4 Å². The summed E-state index contributed by atoms with van der Waals surface area (Å²) in [5.41, 5.74) is -0.00190. The minimum atomic E-state index is -0.203. The van der Waals surface area contributed by atoms with Crippen molar-refractivity contribution in [2.24, 2.45) is 5.41 Å². The molecule has 1 saturated heterocycles. The zero-order chi connectivity index (χ0) is 9.41. The Kier molecular flexibility index (Phi) is 4.23. The number of aliphatic hydroxyl groups is 1. The maximum Gasteiger partial charge on any atom is 0.0724 e. The molecule has 1 aliphatic heterocycles. The van der Waals surface area contributed by atoms with Crippen LogP contribution in [0.25, 0.3) is 0 Å². The molecule has 0 bridgehead atoms. The summed E-state index contributed by atoms with van der Waals surface area (Å²) in [7, 11) is 0. The van der Waals surface area contributed by atoms with Gasteiger partial charge in [0.25, 0.3) is 0 Å². The third-order valence-corrected chi connectivity index (χ3v) is 3.37. The first-order valence-electron chi connectivity index (χ1n) is 4.81. The van der Waals surface area contributed by atoms with Crippen LogP contribution in [0.3, 0.4) is 0 Å². The number of rotatable bonds is 0. The van der Waals surface area contributed by atoms with E-state index in [0.717, 1.165) is 19.4 Å². The second-order valence-corrected chi connectivity index (χ2v) is 5.04. The normalized spacial score (nSPS) is 35.3. The molecular weight excluding hydrogens is 186 g/mol. The number of hydrogen-bond donors (Lipinski definition) is 2. The number of aliphatic hydroxyl groups excluding tert-OH is 1. The highest BCUT2D eigenvalue weighted by Crippen LogP contribution is 2.36. The molecule has 2 N–H and O–H groups in total. The van der Waals surface area contributed by atoms with Gasteiger partial charge in [-0.05, 0) is 31.7 Å². The molecule has 0 spiro atoms. The van der Waals surface area contributed by atoms with Gasteiger partial charge in [-0.3, -0.25) is 0 Å². The molecule has 2 atom stereocenters. The number of nitrogens with one attached hydrogen (secondary N) is 1. The van der Waals surface area contributed by atoms with E-state index in [1.165, 1.54) is 0 Å². The molecule has 13 heavy (non-hydrogen) atoms. The van der Waals surface area contributed by atoms with Crippen LogP contribution < -0.4 is 5.32 Å². The van der Waals surface area contributed by atoms with Gasteiger partial charge in [0.2, 0.25) is 0 Å². The van der Waals surface area contributed by atoms with Gasteiger partial charge in [0.1, 0.15) is 0 Å². The molecule has 3 heteroatoms. The topological polar surface area (TPSA) is 32.3 Å². The maximum absolute atomic E-state index is 9.90. The fourth-order valence-electron chi connectivity index (χ4n) is 1.81. The lowest BCUT2D eigenvalue weighted by Crippen LogP contribution is -2.63. The summed E-state index contributed by atoms with van der Waals surface area (Å²) in [4.78, 5) is 0. The Morgan fingerprint density at radius 3 is 2.23 bits per heavy atom. The summed E-state index contributed by atoms with van der Waals surface area (Å²) in [6.07, 6.45) is 1.82. The van der Waals surface area contributed by atoms with Crippen LogP contribution in [0.2, 0.25) is 0 Å². The summed E-state index contributed by atoms with van der Waals surface area (Å²) in [5.74, 6) is 0. The fourth-order valence-corrected chi connectivity index (χ4v) is 1.81. The van der Waals surface area contributed by atoms with Crippen LogP contribution in [0, 0.1) is 5.41 Å². The van der Waals surface area contributed by atoms with Crippen molar-refractivity contribution in [2.45, 2.75) is 52.2 Å². The molecule has 0 aromatic rings. The van der Waals surface area contributed by atoms with E-state index in [1.54, 1.807) is 0 Å². The van der Waals surface area contributed by atoms with Crippen molar-refractivity contribution in [3.8, 4) is 0 Å². The van der Waals surface area contributed by atoms with Crippen molar-refractivity contribution in [2.75, 3.05) is 6.54 Å². The molecule has 0 amide bonds. The van der Waals surface area contributed by atoms with Crippen LogP contribution in [0.1, 0.15) is 40.5 Å². The maximum atomic E-state index is 9.90. The second-order valence-electron chi connectivity index (χ2n) is 5.04. The number of piperidine rings is 1. The van der Waals surface area contributed by atoms with E-state index in [-0.39, 0.29) is 29.5 Å². The molecule has 1 rings (SSSR count). The first-order valence-corrected chi connectivity index (χ1v) is 4.81. The molecule has 0 saturated carbocycles. The van der Waals surface area contributed by atoms with Crippen molar-refractivity contribution in [1.82, 2.24) is 5.32 Å². The summed E-state index contributed by atoms with van der Waals surface area (Å²) in [5, 5.41) is 13.3. The van der Waals surface area contributed by atoms with Gasteiger partial charge in [-0.2, -0.15) is 0 Å². The van der Waals surface area contributed by atoms with Gasteiger partial charge in [0, 0.05) is 5.54 Å². The highest BCUT2D eigenvalue weighted by atomic mass is 35.5. The van der Waals surface area contributed by atoms with Gasteiger partial charge in [-0.15, -0.1) is 12.4 Å². The molecule has 2 unspecified atom stereocenters. The lowest BCUT2D eigenvalue weighted by Gasteiger charge is -2.48. The Bertz CT molecular complexity index is 167. The third kappa shape index (κ3) is 2.36. The molecule has 1 aliphatic rings. The first kappa shape index (κ1) is 13.2. The molecule has 0 aromatic carbocycles. The van der Waals surface area contributed by atoms with E-state index >= 15 is 0 Å². The van der Waals surface area contributed by atoms with Crippen molar-refractivity contribution in [3.05, 3.63) is 0 Å². The van der Waals surface area contributed by atoms with Crippen molar-refractivity contribution in [1.29, 1.82) is 0 Å². The van der Waals surface area contributed by atoms with Gasteiger partial charge in [-0.1, -0.05) is 20.8 Å². The predicted octanol–water partition coefficient (Wildman–Crippen LogP) is 1.96. The van der Waals surface area contributed by atoms with E-state index in [1.807, 2.05) is 0 Å². The largest absolute Gasteiger partial charge is 0.391 e. The van der Waals surface area contributed by atoms with E-state index in [2.05, 4.69) is 33.0 Å². The zero-order valence-electron chi connectivity index (χ0n) is 9.05. The summed E-state index contributed by atoms with van der Waals surface area (Å²) in [6.45, 7) is 9.68. The molecule has 1 fully saturated rings. The molecule has 1 heterocycles. The second kappa shape index (κ2) is 4.16. The Balaban J connectivity index is 0.00000144. The Hall–Kier alpha value is 0.210. The summed E-state index contributed by atoms with van der Waals surface area (Å²) in [6, 6.07) is 0. The minimum absolute atomic E-state index is 0. The van der Waals surface area contributed by atoms with Crippen molar-refractivity contribution < 1.29 is 5.11 Å². The lowest BCUT2D eigenvalue weighted by molar-refractivity contribution is -0.0228. The van der Waals surface area contributed by atoms with Gasteiger partial charge in [-0.25, -0.2) is 0 Å². The average molecular weight is 208 g/mol. The number of hydrogen-bond acceptors (Lipinski definition) is 2. The third-order valence-electron chi connectivity index (χ3n) is 3.37. The van der Waals surface area contributed by atoms with Gasteiger partial charge in [0.15, 0.2) is 0 Å². The van der Waals surface area contributed by atoms with Gasteiger partial charge in [0.05, 0.1) is 6.10 Å². The Morgan fingerprint density at radius 2 is 1.92 bits per heavy atom. The highest BCUT2D eigenvalue weighted by molar-refractivity contribution is 5.85. The van der Waals surface area contributed by atoms with Gasteiger partial charge >= 0.3 is 0 Å². The van der Waals surface area contributed by atoms with E-state index in [0.29, 0.717) is 0 Å². The van der Waals surface area contributed by atoms with Crippen molar-refractivity contribution in [3.63, 3.8) is 0 Å². The predicted molar refractivity (Wildman–Crippen MR) is 58.4 cm³/mol. The molecule has 80 valence electrons. The van der Waals surface area contributed by atoms with Gasteiger partial charge < -0.3 is 10.4 Å². The van der Waals surface area contributed by atoms with E-state index in [4.69, 9.17) is 0 Å². The van der Waals surface area contributed by atoms with E-state index < -0.39 is 0 Å². The summed E-state index contributed by atoms with van der Waals surface area (Å²) < 4.78 is 0. The van der Waals surface area contributed by atoms with Crippen LogP contribution in [-0.4, -0.2) is 23.3 Å². The van der Waals surface area contributed by atoms with Crippen LogP contribution in [0.5, 0.6) is 0 Å². The first-order chi connectivity index (χ1) is 5.38. The Labute approximate surface area is 87.5 Å². The Morgan fingerprint density at radius 1 is 1.38 bits per heavy atom. The zero-order valence-corrected chi connectivity index (χ0v) is 9.87.